The van der Waals surface area contributed by atoms with E-state index in [1.807, 2.05) is 0 Å². The Morgan fingerprint density at radius 3 is 2.55 bits per heavy atom. The standard InChI is InChI=1S/C15H20F3NO/c1-19-14(6-2-4-11-5-3-7-20-11)10-8-12(16)15(18)13(17)9-10/h8-9,11,14,19H,2-7H2,1H3. The van der Waals surface area contributed by atoms with Gasteiger partial charge in [-0.15, -0.1) is 0 Å². The largest absolute Gasteiger partial charge is 0.378 e. The monoisotopic (exact) mass is 287 g/mol. The highest BCUT2D eigenvalue weighted by atomic mass is 19.2. The van der Waals surface area contributed by atoms with Crippen molar-refractivity contribution >= 4 is 0 Å². The lowest BCUT2D eigenvalue weighted by Crippen LogP contribution is -2.18. The molecule has 1 aliphatic rings. The predicted molar refractivity (Wildman–Crippen MR) is 70.9 cm³/mol. The third kappa shape index (κ3) is 3.73. The molecule has 0 aromatic heterocycles. The molecule has 112 valence electrons. The molecule has 1 aliphatic heterocycles. The highest BCUT2D eigenvalue weighted by molar-refractivity contribution is 5.22. The molecule has 0 saturated carbocycles. The highest BCUT2D eigenvalue weighted by Crippen LogP contribution is 2.25. The lowest BCUT2D eigenvalue weighted by molar-refractivity contribution is 0.101. The Morgan fingerprint density at radius 2 is 2.00 bits per heavy atom. The molecular formula is C15H20F3NO. The quantitative estimate of drug-likeness (QED) is 0.805. The fourth-order valence-electron chi connectivity index (χ4n) is 2.68. The van der Waals surface area contributed by atoms with Crippen molar-refractivity contribution in [1.29, 1.82) is 0 Å². The van der Waals surface area contributed by atoms with Crippen molar-refractivity contribution in [2.24, 2.45) is 0 Å². The number of rotatable bonds is 6. The van der Waals surface area contributed by atoms with Gasteiger partial charge in [-0.25, -0.2) is 13.2 Å². The lowest BCUT2D eigenvalue weighted by atomic mass is 9.99. The van der Waals surface area contributed by atoms with E-state index < -0.39 is 17.5 Å². The molecule has 1 saturated heterocycles. The van der Waals surface area contributed by atoms with Crippen molar-refractivity contribution in [3.63, 3.8) is 0 Å². The fraction of sp³-hybridized carbons (Fsp3) is 0.600. The number of nitrogens with one attached hydrogen (secondary N) is 1. The summed E-state index contributed by atoms with van der Waals surface area (Å²) >= 11 is 0. The van der Waals surface area contributed by atoms with Crippen LogP contribution in [0.5, 0.6) is 0 Å². The molecule has 5 heteroatoms. The van der Waals surface area contributed by atoms with Crippen molar-refractivity contribution in [1.82, 2.24) is 5.32 Å². The SMILES string of the molecule is CNC(CCCC1CCCO1)c1cc(F)c(F)c(F)c1. The highest BCUT2D eigenvalue weighted by Gasteiger charge is 2.18. The van der Waals surface area contributed by atoms with Crippen LogP contribution in [0.2, 0.25) is 0 Å². The van der Waals surface area contributed by atoms with E-state index in [2.05, 4.69) is 5.32 Å². The molecule has 2 atom stereocenters. The molecule has 0 aliphatic carbocycles. The summed E-state index contributed by atoms with van der Waals surface area (Å²) in [6.07, 6.45) is 5.09. The number of ether oxygens (including phenoxy) is 1. The number of benzene rings is 1. The van der Waals surface area contributed by atoms with Gasteiger partial charge in [0.1, 0.15) is 0 Å². The molecule has 2 unspecified atom stereocenters. The first-order valence-electron chi connectivity index (χ1n) is 7.05. The summed E-state index contributed by atoms with van der Waals surface area (Å²) in [6, 6.07) is 1.94. The summed E-state index contributed by atoms with van der Waals surface area (Å²) in [7, 11) is 1.73. The molecule has 1 heterocycles. The van der Waals surface area contributed by atoms with Crippen molar-refractivity contribution in [2.45, 2.75) is 44.2 Å². The summed E-state index contributed by atoms with van der Waals surface area (Å²) in [5.74, 6) is -3.69. The Hall–Kier alpha value is -1.07. The average molecular weight is 287 g/mol. The van der Waals surface area contributed by atoms with Crippen LogP contribution in [-0.4, -0.2) is 19.8 Å². The van der Waals surface area contributed by atoms with Crippen molar-refractivity contribution in [2.75, 3.05) is 13.7 Å². The second kappa shape index (κ2) is 7.09. The maximum atomic E-state index is 13.2. The van der Waals surface area contributed by atoms with E-state index in [1.54, 1.807) is 7.05 Å². The van der Waals surface area contributed by atoms with Gasteiger partial charge < -0.3 is 10.1 Å². The zero-order chi connectivity index (χ0) is 14.5. The van der Waals surface area contributed by atoms with Gasteiger partial charge in [0.2, 0.25) is 0 Å². The van der Waals surface area contributed by atoms with Gasteiger partial charge in [0.05, 0.1) is 6.10 Å². The normalized spacial score (nSPS) is 20.3. The molecular weight excluding hydrogens is 267 g/mol. The molecule has 2 nitrogen and oxygen atoms in total. The predicted octanol–water partition coefficient (Wildman–Crippen LogP) is 3.71. The minimum absolute atomic E-state index is 0.180. The number of hydrogen-bond donors (Lipinski definition) is 1. The first-order chi connectivity index (χ1) is 9.61. The number of halogens is 3. The van der Waals surface area contributed by atoms with Gasteiger partial charge in [0.15, 0.2) is 17.5 Å². The summed E-state index contributed by atoms with van der Waals surface area (Å²) in [4.78, 5) is 0. The molecule has 20 heavy (non-hydrogen) atoms. The van der Waals surface area contributed by atoms with E-state index in [1.165, 1.54) is 0 Å². The maximum absolute atomic E-state index is 13.2. The molecule has 1 aromatic carbocycles. The molecule has 0 radical (unpaired) electrons. The number of hydrogen-bond acceptors (Lipinski definition) is 2. The maximum Gasteiger partial charge on any atom is 0.194 e. The van der Waals surface area contributed by atoms with Gasteiger partial charge in [-0.05, 0) is 56.8 Å². The third-order valence-electron chi connectivity index (χ3n) is 3.80. The summed E-state index contributed by atoms with van der Waals surface area (Å²) in [6.45, 7) is 0.828. The van der Waals surface area contributed by atoms with Crippen LogP contribution in [0.4, 0.5) is 13.2 Å². The Labute approximate surface area is 117 Å². The van der Waals surface area contributed by atoms with Crippen LogP contribution in [-0.2, 0) is 4.74 Å². The van der Waals surface area contributed by atoms with E-state index in [-0.39, 0.29) is 6.04 Å². The Bertz CT molecular complexity index is 424. The minimum Gasteiger partial charge on any atom is -0.378 e. The van der Waals surface area contributed by atoms with Crippen LogP contribution < -0.4 is 5.32 Å². The van der Waals surface area contributed by atoms with Crippen molar-refractivity contribution in [3.05, 3.63) is 35.1 Å². The summed E-state index contributed by atoms with van der Waals surface area (Å²) < 4.78 is 45.0. The lowest BCUT2D eigenvalue weighted by Gasteiger charge is -2.18. The Balaban J connectivity index is 1.93. The topological polar surface area (TPSA) is 21.3 Å². The van der Waals surface area contributed by atoms with Crippen LogP contribution in [0.1, 0.15) is 43.7 Å². The fourth-order valence-corrected chi connectivity index (χ4v) is 2.68. The van der Waals surface area contributed by atoms with Crippen LogP contribution >= 0.6 is 0 Å². The smallest absolute Gasteiger partial charge is 0.194 e. The van der Waals surface area contributed by atoms with Crippen LogP contribution in [0, 0.1) is 17.5 Å². The van der Waals surface area contributed by atoms with E-state index in [9.17, 15) is 13.2 Å². The van der Waals surface area contributed by atoms with E-state index in [0.717, 1.165) is 50.8 Å². The molecule has 1 N–H and O–H groups in total. The minimum atomic E-state index is -1.41. The zero-order valence-corrected chi connectivity index (χ0v) is 11.6. The van der Waals surface area contributed by atoms with Gasteiger partial charge >= 0.3 is 0 Å². The zero-order valence-electron chi connectivity index (χ0n) is 11.6. The van der Waals surface area contributed by atoms with Gasteiger partial charge in [-0.3, -0.25) is 0 Å². The van der Waals surface area contributed by atoms with Crippen LogP contribution in [0.25, 0.3) is 0 Å². The Kier molecular flexibility index (Phi) is 5.43. The first-order valence-corrected chi connectivity index (χ1v) is 7.05. The van der Waals surface area contributed by atoms with Crippen molar-refractivity contribution < 1.29 is 17.9 Å². The van der Waals surface area contributed by atoms with Crippen LogP contribution in [0.15, 0.2) is 12.1 Å². The molecule has 0 amide bonds. The van der Waals surface area contributed by atoms with E-state index in [4.69, 9.17) is 4.74 Å². The average Bonchev–Trinajstić information content (AvgIpc) is 2.93. The van der Waals surface area contributed by atoms with E-state index in [0.29, 0.717) is 11.7 Å². The van der Waals surface area contributed by atoms with Gasteiger partial charge in [0, 0.05) is 12.6 Å². The van der Waals surface area contributed by atoms with Crippen molar-refractivity contribution in [3.8, 4) is 0 Å². The molecule has 1 fully saturated rings. The molecule has 0 bridgehead atoms. The molecule has 2 rings (SSSR count). The van der Waals surface area contributed by atoms with Gasteiger partial charge in [-0.2, -0.15) is 0 Å². The third-order valence-corrected chi connectivity index (χ3v) is 3.80. The Morgan fingerprint density at radius 1 is 1.30 bits per heavy atom. The summed E-state index contributed by atoms with van der Waals surface area (Å²) in [5, 5.41) is 3.02. The van der Waals surface area contributed by atoms with Gasteiger partial charge in [-0.1, -0.05) is 0 Å². The molecule has 1 aromatic rings. The molecule has 0 spiro atoms. The van der Waals surface area contributed by atoms with Crippen LogP contribution in [0.3, 0.4) is 0 Å². The second-order valence-electron chi connectivity index (χ2n) is 5.21. The van der Waals surface area contributed by atoms with Gasteiger partial charge in [0.25, 0.3) is 0 Å². The summed E-state index contributed by atoms with van der Waals surface area (Å²) in [5.41, 5.74) is 0.441. The van der Waals surface area contributed by atoms with E-state index >= 15 is 0 Å². The first kappa shape index (κ1) is 15.3. The second-order valence-corrected chi connectivity index (χ2v) is 5.21.